The lowest BCUT2D eigenvalue weighted by atomic mass is 10.0. The molecule has 1 aliphatic heterocycles. The van der Waals surface area contributed by atoms with E-state index in [1.165, 1.54) is 21.6 Å². The third-order valence-electron chi connectivity index (χ3n) is 2.28. The Balaban J connectivity index is 2.56. The molecule has 0 radical (unpaired) electrons. The predicted octanol–water partition coefficient (Wildman–Crippen LogP) is 3.50. The lowest BCUT2D eigenvalue weighted by Crippen LogP contribution is -1.89. The van der Waals surface area contributed by atoms with E-state index in [0.29, 0.717) is 5.25 Å². The number of hydrogen-bond donors (Lipinski definition) is 0. The fourth-order valence-corrected chi connectivity index (χ4v) is 2.59. The molecule has 0 aliphatic carbocycles. The summed E-state index contributed by atoms with van der Waals surface area (Å²) in [5.74, 6) is 0. The minimum atomic E-state index is 0.557. The molecule has 2 rings (SSSR count). The molecular formula is C11H12S. The normalized spacial score (nSPS) is 21.2. The molecule has 1 aromatic rings. The molecule has 0 spiro atoms. The molecule has 1 unspecified atom stereocenters. The van der Waals surface area contributed by atoms with Gasteiger partial charge in [0.25, 0.3) is 0 Å². The molecular weight excluding hydrogens is 164 g/mol. The quantitative estimate of drug-likeness (QED) is 0.583. The number of thioether (sulfide) groups is 1. The highest BCUT2D eigenvalue weighted by Gasteiger charge is 2.21. The number of fused-ring (bicyclic) bond motifs is 1. The van der Waals surface area contributed by atoms with Gasteiger partial charge in [0.05, 0.1) is 0 Å². The molecule has 1 heteroatoms. The zero-order valence-electron chi connectivity index (χ0n) is 7.42. The molecule has 0 N–H and O–H groups in total. The van der Waals surface area contributed by atoms with E-state index in [9.17, 15) is 0 Å². The summed E-state index contributed by atoms with van der Waals surface area (Å²) in [6.45, 7) is 8.43. The Hall–Kier alpha value is -0.690. The average molecular weight is 176 g/mol. The van der Waals surface area contributed by atoms with Crippen molar-refractivity contribution in [2.45, 2.75) is 24.0 Å². The van der Waals surface area contributed by atoms with Crippen molar-refractivity contribution in [3.8, 4) is 0 Å². The standard InChI is InChI=1S/C11H12S/c1-7-4-5-11-10(6-7)8(2)9(3)12-11/h4-6,9H,2H2,1,3H3. The summed E-state index contributed by atoms with van der Waals surface area (Å²) in [5.41, 5.74) is 3.95. The van der Waals surface area contributed by atoms with Crippen LogP contribution in [0.3, 0.4) is 0 Å². The molecule has 62 valence electrons. The van der Waals surface area contributed by atoms with Gasteiger partial charge in [0.2, 0.25) is 0 Å². The van der Waals surface area contributed by atoms with E-state index in [-0.39, 0.29) is 0 Å². The molecule has 1 aliphatic rings. The van der Waals surface area contributed by atoms with Crippen LogP contribution in [0.1, 0.15) is 18.1 Å². The smallest absolute Gasteiger partial charge is 0.0317 e. The van der Waals surface area contributed by atoms with Crippen LogP contribution in [-0.2, 0) is 0 Å². The van der Waals surface area contributed by atoms with E-state index in [1.807, 2.05) is 11.8 Å². The monoisotopic (exact) mass is 176 g/mol. The van der Waals surface area contributed by atoms with Crippen molar-refractivity contribution in [3.05, 3.63) is 35.9 Å². The Morgan fingerprint density at radius 2 is 2.17 bits per heavy atom. The van der Waals surface area contributed by atoms with E-state index >= 15 is 0 Å². The molecule has 12 heavy (non-hydrogen) atoms. The Kier molecular flexibility index (Phi) is 1.76. The first-order chi connectivity index (χ1) is 5.68. The first-order valence-corrected chi connectivity index (χ1v) is 5.03. The van der Waals surface area contributed by atoms with E-state index in [4.69, 9.17) is 0 Å². The van der Waals surface area contributed by atoms with Crippen LogP contribution in [0.4, 0.5) is 0 Å². The van der Waals surface area contributed by atoms with E-state index in [0.717, 1.165) is 0 Å². The van der Waals surface area contributed by atoms with Gasteiger partial charge in [-0.2, -0.15) is 0 Å². The van der Waals surface area contributed by atoms with Crippen LogP contribution >= 0.6 is 11.8 Å². The number of hydrogen-bond acceptors (Lipinski definition) is 1. The van der Waals surface area contributed by atoms with Crippen LogP contribution in [0, 0.1) is 6.92 Å². The highest BCUT2D eigenvalue weighted by molar-refractivity contribution is 8.00. The van der Waals surface area contributed by atoms with Gasteiger partial charge >= 0.3 is 0 Å². The summed E-state index contributed by atoms with van der Waals surface area (Å²) in [6, 6.07) is 6.59. The molecule has 1 heterocycles. The van der Waals surface area contributed by atoms with Gasteiger partial charge in [0.15, 0.2) is 0 Å². The maximum absolute atomic E-state index is 4.10. The predicted molar refractivity (Wildman–Crippen MR) is 55.5 cm³/mol. The van der Waals surface area contributed by atoms with E-state index < -0.39 is 0 Å². The van der Waals surface area contributed by atoms with Crippen LogP contribution in [0.15, 0.2) is 29.7 Å². The van der Waals surface area contributed by atoms with Gasteiger partial charge in [-0.15, -0.1) is 11.8 Å². The van der Waals surface area contributed by atoms with Gasteiger partial charge in [-0.3, -0.25) is 0 Å². The molecule has 1 atom stereocenters. The molecule has 0 amide bonds. The van der Waals surface area contributed by atoms with Crippen LogP contribution in [0.25, 0.3) is 5.57 Å². The van der Waals surface area contributed by atoms with Crippen molar-refractivity contribution < 1.29 is 0 Å². The zero-order chi connectivity index (χ0) is 8.72. The van der Waals surface area contributed by atoms with Gasteiger partial charge in [-0.1, -0.05) is 24.3 Å². The molecule has 0 bridgehead atoms. The topological polar surface area (TPSA) is 0 Å². The molecule has 0 saturated heterocycles. The van der Waals surface area contributed by atoms with Crippen LogP contribution in [0.5, 0.6) is 0 Å². The second kappa shape index (κ2) is 2.67. The summed E-state index contributed by atoms with van der Waals surface area (Å²) in [5, 5.41) is 0.557. The average Bonchev–Trinajstić information content (AvgIpc) is 2.31. The Morgan fingerprint density at radius 1 is 1.42 bits per heavy atom. The zero-order valence-corrected chi connectivity index (χ0v) is 8.24. The first-order valence-electron chi connectivity index (χ1n) is 4.15. The van der Waals surface area contributed by atoms with Crippen molar-refractivity contribution >= 4 is 17.3 Å². The number of aryl methyl sites for hydroxylation is 1. The summed E-state index contributed by atoms with van der Waals surface area (Å²) in [4.78, 5) is 1.39. The fourth-order valence-electron chi connectivity index (χ4n) is 1.48. The Morgan fingerprint density at radius 3 is 2.92 bits per heavy atom. The Labute approximate surface area is 77.7 Å². The van der Waals surface area contributed by atoms with Gasteiger partial charge < -0.3 is 0 Å². The van der Waals surface area contributed by atoms with Crippen molar-refractivity contribution in [3.63, 3.8) is 0 Å². The highest BCUT2D eigenvalue weighted by Crippen LogP contribution is 2.43. The molecule has 0 nitrogen and oxygen atoms in total. The van der Waals surface area contributed by atoms with E-state index in [1.54, 1.807) is 0 Å². The van der Waals surface area contributed by atoms with Gasteiger partial charge in [0.1, 0.15) is 0 Å². The van der Waals surface area contributed by atoms with Gasteiger partial charge in [-0.05, 0) is 31.1 Å². The maximum Gasteiger partial charge on any atom is 0.0317 e. The summed E-state index contributed by atoms with van der Waals surface area (Å²) in [7, 11) is 0. The first kappa shape index (κ1) is 7.93. The molecule has 0 fully saturated rings. The van der Waals surface area contributed by atoms with Crippen LogP contribution in [0.2, 0.25) is 0 Å². The summed E-state index contributed by atoms with van der Waals surface area (Å²) >= 11 is 1.91. The molecule has 0 aromatic heterocycles. The molecule has 1 aromatic carbocycles. The van der Waals surface area contributed by atoms with Crippen molar-refractivity contribution in [1.82, 2.24) is 0 Å². The lowest BCUT2D eigenvalue weighted by molar-refractivity contribution is 1.28. The van der Waals surface area contributed by atoms with Crippen molar-refractivity contribution in [1.29, 1.82) is 0 Å². The Bertz CT molecular complexity index is 339. The largest absolute Gasteiger partial charge is 0.118 e. The third kappa shape index (κ3) is 1.09. The third-order valence-corrected chi connectivity index (χ3v) is 3.52. The van der Waals surface area contributed by atoms with E-state index in [2.05, 4.69) is 38.6 Å². The minimum Gasteiger partial charge on any atom is -0.118 e. The van der Waals surface area contributed by atoms with Crippen molar-refractivity contribution in [2.24, 2.45) is 0 Å². The second-order valence-electron chi connectivity index (χ2n) is 3.28. The van der Waals surface area contributed by atoms with Gasteiger partial charge in [-0.25, -0.2) is 0 Å². The lowest BCUT2D eigenvalue weighted by Gasteiger charge is -2.00. The SMILES string of the molecule is C=C1c2cc(C)ccc2SC1C. The van der Waals surface area contributed by atoms with Crippen molar-refractivity contribution in [2.75, 3.05) is 0 Å². The fraction of sp³-hybridized carbons (Fsp3) is 0.273. The summed E-state index contributed by atoms with van der Waals surface area (Å²) < 4.78 is 0. The summed E-state index contributed by atoms with van der Waals surface area (Å²) in [6.07, 6.45) is 0. The minimum absolute atomic E-state index is 0.557. The highest BCUT2D eigenvalue weighted by atomic mass is 32.2. The van der Waals surface area contributed by atoms with Gasteiger partial charge in [0, 0.05) is 10.1 Å². The number of rotatable bonds is 0. The van der Waals surface area contributed by atoms with Crippen LogP contribution < -0.4 is 0 Å². The number of benzene rings is 1. The van der Waals surface area contributed by atoms with Crippen LogP contribution in [-0.4, -0.2) is 5.25 Å². The second-order valence-corrected chi connectivity index (χ2v) is 4.67. The maximum atomic E-state index is 4.10. The molecule has 0 saturated carbocycles.